The van der Waals surface area contributed by atoms with Crippen molar-refractivity contribution in [2.75, 3.05) is 13.7 Å². The first kappa shape index (κ1) is 19.7. The van der Waals surface area contributed by atoms with Crippen LogP contribution < -0.4 is 15.5 Å². The van der Waals surface area contributed by atoms with Gasteiger partial charge in [-0.1, -0.05) is 18.0 Å². The number of hydrogen-bond acceptors (Lipinski definition) is 5. The lowest BCUT2D eigenvalue weighted by Gasteiger charge is -2.11. The van der Waals surface area contributed by atoms with Crippen LogP contribution in [0.4, 0.5) is 4.79 Å². The molecule has 8 nitrogen and oxygen atoms in total. The third kappa shape index (κ3) is 4.96. The highest BCUT2D eigenvalue weighted by atomic mass is 35.5. The first-order valence-corrected chi connectivity index (χ1v) is 8.45. The summed E-state index contributed by atoms with van der Waals surface area (Å²) in [6, 6.07) is 4.50. The predicted molar refractivity (Wildman–Crippen MR) is 94.6 cm³/mol. The van der Waals surface area contributed by atoms with E-state index in [1.807, 2.05) is 0 Å². The zero-order valence-electron chi connectivity index (χ0n) is 14.3. The summed E-state index contributed by atoms with van der Waals surface area (Å²) in [4.78, 5) is 36.5. The Balaban J connectivity index is 1.97. The molecule has 1 aliphatic rings. The van der Waals surface area contributed by atoms with Crippen LogP contribution in [0.15, 0.2) is 23.9 Å². The lowest BCUT2D eigenvalue weighted by molar-refractivity contribution is -0.129. The fourth-order valence-electron chi connectivity index (χ4n) is 2.52. The fourth-order valence-corrected chi connectivity index (χ4v) is 2.68. The average molecular weight is 382 g/mol. The number of carbonyl (C=O) groups excluding carboxylic acids is 3. The van der Waals surface area contributed by atoms with Crippen LogP contribution in [0.1, 0.15) is 31.2 Å². The number of hydrogen-bond donors (Lipinski definition) is 3. The second kappa shape index (κ2) is 9.21. The van der Waals surface area contributed by atoms with E-state index in [4.69, 9.17) is 21.5 Å². The van der Waals surface area contributed by atoms with Gasteiger partial charge in [0.1, 0.15) is 11.4 Å². The SMILES string of the molecule is COc1cc(Cl)ccc1/C=C1\NC(=O)N(CCCCCC(=O)NO)C1=O. The smallest absolute Gasteiger partial charge is 0.329 e. The molecule has 0 spiro atoms. The molecule has 0 radical (unpaired) electrons. The van der Waals surface area contributed by atoms with Crippen LogP contribution in [0.5, 0.6) is 5.75 Å². The van der Waals surface area contributed by atoms with Crippen molar-refractivity contribution in [1.82, 2.24) is 15.7 Å². The van der Waals surface area contributed by atoms with E-state index in [0.717, 1.165) is 4.90 Å². The van der Waals surface area contributed by atoms with Gasteiger partial charge in [0.2, 0.25) is 5.91 Å². The van der Waals surface area contributed by atoms with Crippen LogP contribution in [-0.2, 0) is 9.59 Å². The Kier molecular flexibility index (Phi) is 6.99. The molecule has 0 aromatic heterocycles. The monoisotopic (exact) mass is 381 g/mol. The molecule has 3 N–H and O–H groups in total. The molecule has 1 aromatic carbocycles. The molecule has 140 valence electrons. The van der Waals surface area contributed by atoms with Gasteiger partial charge < -0.3 is 10.1 Å². The quantitative estimate of drug-likeness (QED) is 0.210. The van der Waals surface area contributed by atoms with Crippen LogP contribution in [0.25, 0.3) is 6.08 Å². The Bertz CT molecular complexity index is 735. The first-order valence-electron chi connectivity index (χ1n) is 8.07. The number of benzene rings is 1. The van der Waals surface area contributed by atoms with Crippen LogP contribution >= 0.6 is 11.6 Å². The minimum absolute atomic E-state index is 0.162. The van der Waals surface area contributed by atoms with E-state index < -0.39 is 17.8 Å². The number of halogens is 1. The lowest BCUT2D eigenvalue weighted by atomic mass is 10.1. The minimum Gasteiger partial charge on any atom is -0.496 e. The van der Waals surface area contributed by atoms with E-state index >= 15 is 0 Å². The van der Waals surface area contributed by atoms with E-state index in [-0.39, 0.29) is 18.7 Å². The van der Waals surface area contributed by atoms with Gasteiger partial charge in [-0.2, -0.15) is 0 Å². The van der Waals surface area contributed by atoms with Crippen molar-refractivity contribution in [3.05, 3.63) is 34.5 Å². The van der Waals surface area contributed by atoms with Crippen molar-refractivity contribution in [3.63, 3.8) is 0 Å². The Labute approximate surface area is 155 Å². The molecule has 26 heavy (non-hydrogen) atoms. The molecule has 1 fully saturated rings. The molecule has 0 saturated carbocycles. The Morgan fingerprint density at radius 3 is 2.81 bits per heavy atom. The molecule has 4 amide bonds. The number of unbranched alkanes of at least 4 members (excludes halogenated alkanes) is 2. The van der Waals surface area contributed by atoms with Gasteiger partial charge in [0.25, 0.3) is 5.91 Å². The van der Waals surface area contributed by atoms with Crippen molar-refractivity contribution in [3.8, 4) is 5.75 Å². The topological polar surface area (TPSA) is 108 Å². The summed E-state index contributed by atoms with van der Waals surface area (Å²) in [5.41, 5.74) is 2.34. The summed E-state index contributed by atoms with van der Waals surface area (Å²) in [5.74, 6) is -0.380. The van der Waals surface area contributed by atoms with E-state index in [1.165, 1.54) is 7.11 Å². The second-order valence-electron chi connectivity index (χ2n) is 5.68. The summed E-state index contributed by atoms with van der Waals surface area (Å²) in [5, 5.41) is 11.5. The molecule has 1 aromatic rings. The maximum atomic E-state index is 12.4. The Morgan fingerprint density at radius 2 is 2.12 bits per heavy atom. The molecule has 1 saturated heterocycles. The number of nitrogens with one attached hydrogen (secondary N) is 2. The second-order valence-corrected chi connectivity index (χ2v) is 6.11. The van der Waals surface area contributed by atoms with E-state index in [0.29, 0.717) is 35.6 Å². The van der Waals surface area contributed by atoms with E-state index in [1.54, 1.807) is 29.8 Å². The number of imide groups is 1. The molecule has 0 unspecified atom stereocenters. The molecule has 9 heteroatoms. The van der Waals surface area contributed by atoms with Gasteiger partial charge in [0, 0.05) is 23.6 Å². The average Bonchev–Trinajstić information content (AvgIpc) is 2.89. The summed E-state index contributed by atoms with van der Waals surface area (Å²) < 4.78 is 5.23. The van der Waals surface area contributed by atoms with Crippen LogP contribution in [0.2, 0.25) is 5.02 Å². The highest BCUT2D eigenvalue weighted by Crippen LogP contribution is 2.26. The number of methoxy groups -OCH3 is 1. The van der Waals surface area contributed by atoms with Crippen molar-refractivity contribution in [2.45, 2.75) is 25.7 Å². The number of urea groups is 1. The Morgan fingerprint density at radius 1 is 1.35 bits per heavy atom. The number of rotatable bonds is 8. The predicted octanol–water partition coefficient (Wildman–Crippen LogP) is 2.31. The van der Waals surface area contributed by atoms with Gasteiger partial charge >= 0.3 is 6.03 Å². The fraction of sp³-hybridized carbons (Fsp3) is 0.353. The molecule has 0 aliphatic carbocycles. The first-order chi connectivity index (χ1) is 12.5. The van der Waals surface area contributed by atoms with Crippen molar-refractivity contribution < 1.29 is 24.3 Å². The van der Waals surface area contributed by atoms with Gasteiger partial charge in [-0.05, 0) is 37.1 Å². The molecule has 0 atom stereocenters. The summed E-state index contributed by atoms with van der Waals surface area (Å²) in [6.45, 7) is 0.250. The molecule has 1 aliphatic heterocycles. The third-order valence-corrected chi connectivity index (χ3v) is 4.10. The van der Waals surface area contributed by atoms with Crippen molar-refractivity contribution >= 4 is 35.5 Å². The number of carbonyl (C=O) groups is 3. The van der Waals surface area contributed by atoms with E-state index in [2.05, 4.69) is 5.32 Å². The largest absolute Gasteiger partial charge is 0.496 e. The van der Waals surface area contributed by atoms with Gasteiger partial charge in [0.15, 0.2) is 0 Å². The highest BCUT2D eigenvalue weighted by molar-refractivity contribution is 6.30. The van der Waals surface area contributed by atoms with Crippen LogP contribution in [0.3, 0.4) is 0 Å². The lowest BCUT2D eigenvalue weighted by Crippen LogP contribution is -2.31. The maximum absolute atomic E-state index is 12.4. The summed E-state index contributed by atoms with van der Waals surface area (Å²) in [7, 11) is 1.49. The van der Waals surface area contributed by atoms with Gasteiger partial charge in [0.05, 0.1) is 7.11 Å². The normalized spacial score (nSPS) is 15.3. The van der Waals surface area contributed by atoms with Crippen molar-refractivity contribution in [1.29, 1.82) is 0 Å². The summed E-state index contributed by atoms with van der Waals surface area (Å²) >= 11 is 5.91. The molecule has 2 rings (SSSR count). The van der Waals surface area contributed by atoms with Crippen molar-refractivity contribution in [2.24, 2.45) is 0 Å². The van der Waals surface area contributed by atoms with Gasteiger partial charge in [-0.15, -0.1) is 0 Å². The van der Waals surface area contributed by atoms with Crippen LogP contribution in [0, 0.1) is 0 Å². The zero-order chi connectivity index (χ0) is 19.1. The van der Waals surface area contributed by atoms with E-state index in [9.17, 15) is 14.4 Å². The minimum atomic E-state index is -0.484. The third-order valence-electron chi connectivity index (χ3n) is 3.87. The molecular formula is C17H20ClN3O5. The number of nitrogens with zero attached hydrogens (tertiary/aromatic N) is 1. The highest BCUT2D eigenvalue weighted by Gasteiger charge is 2.33. The standard InChI is InChI=1S/C17H20ClN3O5/c1-26-14-10-12(18)7-6-11(14)9-13-16(23)21(17(24)19-13)8-4-2-3-5-15(22)20-25/h6-7,9-10,25H,2-5,8H2,1H3,(H,19,24)(H,20,22)/b13-9-. The Hall–Kier alpha value is -2.58. The number of hydroxylamine groups is 1. The summed E-state index contributed by atoms with van der Waals surface area (Å²) in [6.07, 6.45) is 3.50. The molecule has 1 heterocycles. The zero-order valence-corrected chi connectivity index (χ0v) is 15.0. The van der Waals surface area contributed by atoms with Crippen LogP contribution in [-0.4, -0.2) is 41.6 Å². The van der Waals surface area contributed by atoms with Gasteiger partial charge in [-0.3, -0.25) is 19.7 Å². The maximum Gasteiger partial charge on any atom is 0.329 e. The molecular weight excluding hydrogens is 362 g/mol. The van der Waals surface area contributed by atoms with Gasteiger partial charge in [-0.25, -0.2) is 10.3 Å². The number of amides is 4. The molecule has 0 bridgehead atoms. The number of ether oxygens (including phenoxy) is 1.